The SMILES string of the molecule is C=CCC(CN)OS(=O)(=O)O. The summed E-state index contributed by atoms with van der Waals surface area (Å²) >= 11 is 0. The average Bonchev–Trinajstić information content (AvgIpc) is 1.84. The molecule has 66 valence electrons. The quantitative estimate of drug-likeness (QED) is 0.449. The minimum Gasteiger partial charge on any atom is -0.328 e. The predicted octanol–water partition coefficient (Wildman–Crippen LogP) is -0.291. The van der Waals surface area contributed by atoms with Crippen LogP contribution in [0, 0.1) is 0 Å². The summed E-state index contributed by atoms with van der Waals surface area (Å²) in [5.41, 5.74) is 5.12. The molecule has 0 aromatic heterocycles. The Kier molecular flexibility index (Phi) is 4.27. The van der Waals surface area contributed by atoms with Crippen molar-refractivity contribution in [3.63, 3.8) is 0 Å². The normalized spacial score (nSPS) is 14.4. The van der Waals surface area contributed by atoms with Crippen LogP contribution in [-0.2, 0) is 14.6 Å². The second kappa shape index (κ2) is 4.45. The van der Waals surface area contributed by atoms with Crippen molar-refractivity contribution in [2.24, 2.45) is 5.73 Å². The van der Waals surface area contributed by atoms with E-state index in [1.165, 1.54) is 6.08 Å². The third kappa shape index (κ3) is 5.99. The Morgan fingerprint density at radius 3 is 2.55 bits per heavy atom. The van der Waals surface area contributed by atoms with Gasteiger partial charge in [-0.3, -0.25) is 4.55 Å². The monoisotopic (exact) mass is 181 g/mol. The molecule has 0 rings (SSSR count). The molecule has 5 nitrogen and oxygen atoms in total. The van der Waals surface area contributed by atoms with E-state index in [9.17, 15) is 8.42 Å². The molecule has 0 aliphatic rings. The van der Waals surface area contributed by atoms with Gasteiger partial charge in [0.1, 0.15) is 0 Å². The minimum atomic E-state index is -4.39. The fraction of sp³-hybridized carbons (Fsp3) is 0.600. The van der Waals surface area contributed by atoms with Gasteiger partial charge in [-0.05, 0) is 6.42 Å². The summed E-state index contributed by atoms with van der Waals surface area (Å²) in [5, 5.41) is 0. The van der Waals surface area contributed by atoms with Crippen molar-refractivity contribution in [1.82, 2.24) is 0 Å². The van der Waals surface area contributed by atoms with Crippen molar-refractivity contribution in [3.8, 4) is 0 Å². The van der Waals surface area contributed by atoms with Crippen molar-refractivity contribution in [3.05, 3.63) is 12.7 Å². The summed E-state index contributed by atoms with van der Waals surface area (Å²) in [6, 6.07) is 0. The van der Waals surface area contributed by atoms with Gasteiger partial charge in [-0.15, -0.1) is 6.58 Å². The van der Waals surface area contributed by atoms with Crippen LogP contribution in [0.25, 0.3) is 0 Å². The number of hydrogen-bond donors (Lipinski definition) is 2. The van der Waals surface area contributed by atoms with E-state index in [4.69, 9.17) is 10.3 Å². The first-order valence-corrected chi connectivity index (χ1v) is 4.32. The Labute approximate surface area is 65.8 Å². The van der Waals surface area contributed by atoms with Gasteiger partial charge in [-0.1, -0.05) is 6.08 Å². The standard InChI is InChI=1S/C5H11NO4S/c1-2-3-5(4-6)10-11(7,8)9/h2,5H,1,3-4,6H2,(H,7,8,9). The summed E-state index contributed by atoms with van der Waals surface area (Å²) < 4.78 is 32.6. The maximum Gasteiger partial charge on any atom is 0.397 e. The Hall–Kier alpha value is -0.430. The summed E-state index contributed by atoms with van der Waals surface area (Å²) in [7, 11) is -4.39. The maximum absolute atomic E-state index is 10.1. The summed E-state index contributed by atoms with van der Waals surface area (Å²) in [4.78, 5) is 0. The van der Waals surface area contributed by atoms with Gasteiger partial charge in [0.15, 0.2) is 0 Å². The second-order valence-electron chi connectivity index (χ2n) is 1.91. The molecule has 0 saturated heterocycles. The zero-order valence-corrected chi connectivity index (χ0v) is 6.75. The van der Waals surface area contributed by atoms with Gasteiger partial charge in [0.25, 0.3) is 0 Å². The van der Waals surface area contributed by atoms with Crippen LogP contribution in [0.2, 0.25) is 0 Å². The van der Waals surface area contributed by atoms with E-state index in [-0.39, 0.29) is 13.0 Å². The lowest BCUT2D eigenvalue weighted by Gasteiger charge is -2.09. The molecule has 0 bridgehead atoms. The van der Waals surface area contributed by atoms with Gasteiger partial charge >= 0.3 is 10.4 Å². The predicted molar refractivity (Wildman–Crippen MR) is 40.3 cm³/mol. The molecular formula is C5H11NO4S. The van der Waals surface area contributed by atoms with Gasteiger partial charge in [0, 0.05) is 6.54 Å². The van der Waals surface area contributed by atoms with E-state index in [0.29, 0.717) is 0 Å². The van der Waals surface area contributed by atoms with Crippen LogP contribution >= 0.6 is 0 Å². The lowest BCUT2D eigenvalue weighted by molar-refractivity contribution is 0.190. The highest BCUT2D eigenvalue weighted by molar-refractivity contribution is 7.80. The Morgan fingerprint density at radius 1 is 1.73 bits per heavy atom. The Morgan fingerprint density at radius 2 is 2.27 bits per heavy atom. The van der Waals surface area contributed by atoms with E-state index in [1.54, 1.807) is 0 Å². The lowest BCUT2D eigenvalue weighted by Crippen LogP contribution is -2.25. The zero-order valence-electron chi connectivity index (χ0n) is 5.93. The minimum absolute atomic E-state index is 0.0197. The first-order valence-electron chi connectivity index (χ1n) is 2.96. The number of hydrogen-bond acceptors (Lipinski definition) is 4. The lowest BCUT2D eigenvalue weighted by atomic mass is 10.2. The molecule has 0 aliphatic heterocycles. The van der Waals surface area contributed by atoms with Gasteiger partial charge in [-0.25, -0.2) is 4.18 Å². The summed E-state index contributed by atoms with van der Waals surface area (Å²) in [5.74, 6) is 0. The molecule has 0 heterocycles. The number of nitrogens with two attached hydrogens (primary N) is 1. The molecule has 3 N–H and O–H groups in total. The molecule has 0 radical (unpaired) electrons. The van der Waals surface area contributed by atoms with E-state index in [1.807, 2.05) is 0 Å². The molecule has 0 spiro atoms. The van der Waals surface area contributed by atoms with Gasteiger partial charge < -0.3 is 5.73 Å². The van der Waals surface area contributed by atoms with Crippen LogP contribution in [-0.4, -0.2) is 25.6 Å². The van der Waals surface area contributed by atoms with E-state index >= 15 is 0 Å². The van der Waals surface area contributed by atoms with Crippen molar-refractivity contribution in [2.45, 2.75) is 12.5 Å². The molecule has 6 heteroatoms. The molecule has 0 saturated carbocycles. The third-order valence-corrected chi connectivity index (χ3v) is 1.47. The number of rotatable bonds is 5. The van der Waals surface area contributed by atoms with Gasteiger partial charge in [0.2, 0.25) is 0 Å². The Bertz CT molecular complexity index is 211. The molecule has 0 aromatic carbocycles. The average molecular weight is 181 g/mol. The van der Waals surface area contributed by atoms with Crippen LogP contribution < -0.4 is 5.73 Å². The Balaban J connectivity index is 3.98. The highest BCUT2D eigenvalue weighted by Crippen LogP contribution is 2.00. The topological polar surface area (TPSA) is 89.6 Å². The van der Waals surface area contributed by atoms with Crippen LogP contribution in [0.5, 0.6) is 0 Å². The van der Waals surface area contributed by atoms with Crippen LogP contribution in [0.3, 0.4) is 0 Å². The van der Waals surface area contributed by atoms with Crippen LogP contribution in [0.15, 0.2) is 12.7 Å². The molecule has 1 atom stereocenters. The largest absolute Gasteiger partial charge is 0.397 e. The second-order valence-corrected chi connectivity index (χ2v) is 2.95. The molecule has 0 fully saturated rings. The zero-order chi connectivity index (χ0) is 8.91. The van der Waals surface area contributed by atoms with Crippen molar-refractivity contribution in [1.29, 1.82) is 0 Å². The molecule has 0 aromatic rings. The maximum atomic E-state index is 10.1. The summed E-state index contributed by atoms with van der Waals surface area (Å²) in [6.07, 6.45) is 1.03. The van der Waals surface area contributed by atoms with Crippen LogP contribution in [0.1, 0.15) is 6.42 Å². The molecular weight excluding hydrogens is 170 g/mol. The van der Waals surface area contributed by atoms with E-state index < -0.39 is 16.5 Å². The molecule has 1 unspecified atom stereocenters. The first kappa shape index (κ1) is 10.6. The molecule has 11 heavy (non-hydrogen) atoms. The first-order chi connectivity index (χ1) is 4.99. The van der Waals surface area contributed by atoms with Crippen molar-refractivity contribution >= 4 is 10.4 Å². The van der Waals surface area contributed by atoms with E-state index in [0.717, 1.165) is 0 Å². The fourth-order valence-electron chi connectivity index (χ4n) is 0.533. The summed E-state index contributed by atoms with van der Waals surface area (Å²) in [6.45, 7) is 3.39. The van der Waals surface area contributed by atoms with Gasteiger partial charge in [0.05, 0.1) is 6.10 Å². The van der Waals surface area contributed by atoms with Crippen molar-refractivity contribution < 1.29 is 17.2 Å². The van der Waals surface area contributed by atoms with E-state index in [2.05, 4.69) is 10.8 Å². The molecule has 0 amide bonds. The van der Waals surface area contributed by atoms with Gasteiger partial charge in [-0.2, -0.15) is 8.42 Å². The highest BCUT2D eigenvalue weighted by Gasteiger charge is 2.13. The smallest absolute Gasteiger partial charge is 0.328 e. The van der Waals surface area contributed by atoms with Crippen LogP contribution in [0.4, 0.5) is 0 Å². The fourth-order valence-corrected chi connectivity index (χ4v) is 1.03. The highest BCUT2D eigenvalue weighted by atomic mass is 32.3. The van der Waals surface area contributed by atoms with Crippen molar-refractivity contribution in [2.75, 3.05) is 6.54 Å². The third-order valence-electron chi connectivity index (χ3n) is 0.950. The molecule has 0 aliphatic carbocycles.